The second-order valence-corrected chi connectivity index (χ2v) is 8.78. The zero-order valence-corrected chi connectivity index (χ0v) is 16.9. The van der Waals surface area contributed by atoms with Crippen LogP contribution in [0.2, 0.25) is 0 Å². The molecule has 1 heterocycles. The van der Waals surface area contributed by atoms with E-state index in [0.29, 0.717) is 12.2 Å². The number of rotatable bonds is 6. The topological polar surface area (TPSA) is 147 Å². The molecule has 1 aromatic rings. The summed E-state index contributed by atoms with van der Waals surface area (Å²) >= 11 is 0. The molecule has 10 heteroatoms. The van der Waals surface area contributed by atoms with Gasteiger partial charge in [-0.25, -0.2) is 18.0 Å². The second kappa shape index (κ2) is 9.15. The van der Waals surface area contributed by atoms with Crippen LogP contribution >= 0.6 is 0 Å². The van der Waals surface area contributed by atoms with Gasteiger partial charge in [0.15, 0.2) is 15.9 Å². The Bertz CT molecular complexity index is 918. The lowest BCUT2D eigenvalue weighted by atomic mass is 10.00. The van der Waals surface area contributed by atoms with Gasteiger partial charge in [0.05, 0.1) is 22.8 Å². The highest BCUT2D eigenvalue weighted by Crippen LogP contribution is 2.29. The Morgan fingerprint density at radius 3 is 2.45 bits per heavy atom. The highest BCUT2D eigenvalue weighted by molar-refractivity contribution is 7.92. The SMILES string of the molecule is CC#CC(CC)Oc1ccc(S(=O)(=O)C2CC(C(=O)O)N(C(N)=O)CC2O)cc1. The number of β-amino-alcohol motifs (C(OH)–C–C–N with tert-alkyl or cyclic N) is 1. The van der Waals surface area contributed by atoms with Crippen molar-refractivity contribution in [1.29, 1.82) is 0 Å². The van der Waals surface area contributed by atoms with E-state index in [4.69, 9.17) is 10.5 Å². The van der Waals surface area contributed by atoms with E-state index in [1.807, 2.05) is 6.92 Å². The number of piperidine rings is 1. The van der Waals surface area contributed by atoms with E-state index >= 15 is 0 Å². The molecule has 4 unspecified atom stereocenters. The molecule has 4 atom stereocenters. The van der Waals surface area contributed by atoms with Gasteiger partial charge in [-0.2, -0.15) is 0 Å². The van der Waals surface area contributed by atoms with E-state index in [-0.39, 0.29) is 11.0 Å². The molecule has 158 valence electrons. The number of aliphatic hydroxyl groups excluding tert-OH is 1. The average molecular weight is 424 g/mol. The van der Waals surface area contributed by atoms with Crippen molar-refractivity contribution in [3.05, 3.63) is 24.3 Å². The smallest absolute Gasteiger partial charge is 0.326 e. The number of amides is 2. The van der Waals surface area contributed by atoms with E-state index in [1.54, 1.807) is 6.92 Å². The molecule has 1 aliphatic rings. The Morgan fingerprint density at radius 1 is 1.34 bits per heavy atom. The summed E-state index contributed by atoms with van der Waals surface area (Å²) in [6.45, 7) is 3.12. The molecule has 9 nitrogen and oxygen atoms in total. The largest absolute Gasteiger partial charge is 0.480 e. The number of aliphatic hydroxyl groups is 1. The molecule has 0 spiro atoms. The highest BCUT2D eigenvalue weighted by atomic mass is 32.2. The number of hydrogen-bond donors (Lipinski definition) is 3. The summed E-state index contributed by atoms with van der Waals surface area (Å²) in [4.78, 5) is 23.6. The van der Waals surface area contributed by atoms with Crippen molar-refractivity contribution >= 4 is 21.8 Å². The summed E-state index contributed by atoms with van der Waals surface area (Å²) in [6.07, 6.45) is -1.60. The summed E-state index contributed by atoms with van der Waals surface area (Å²) in [6, 6.07) is 3.16. The van der Waals surface area contributed by atoms with Gasteiger partial charge >= 0.3 is 12.0 Å². The summed E-state index contributed by atoms with van der Waals surface area (Å²) < 4.78 is 31.6. The van der Waals surface area contributed by atoms with Gasteiger partial charge in [0.25, 0.3) is 0 Å². The summed E-state index contributed by atoms with van der Waals surface area (Å²) in [5, 5.41) is 18.2. The first-order valence-corrected chi connectivity index (χ1v) is 10.6. The third-order valence-electron chi connectivity index (χ3n) is 4.72. The van der Waals surface area contributed by atoms with E-state index < -0.39 is 52.2 Å². The van der Waals surface area contributed by atoms with Crippen molar-refractivity contribution < 1.29 is 33.0 Å². The molecule has 1 saturated heterocycles. The maximum Gasteiger partial charge on any atom is 0.326 e. The van der Waals surface area contributed by atoms with Crippen LogP contribution in [0.4, 0.5) is 4.79 Å². The first-order chi connectivity index (χ1) is 13.6. The standard InChI is InChI=1S/C19H24N2O7S/c1-3-5-12(4-2)28-13-6-8-14(9-7-13)29(26,27)17-10-15(18(23)24)21(19(20)25)11-16(17)22/h6-9,12,15-17,22H,4,10-11H2,1-2H3,(H2,20,25)(H,23,24). The van der Waals surface area contributed by atoms with Crippen molar-refractivity contribution in [2.24, 2.45) is 5.73 Å². The predicted molar refractivity (Wildman–Crippen MR) is 104 cm³/mol. The lowest BCUT2D eigenvalue weighted by Crippen LogP contribution is -2.60. The minimum Gasteiger partial charge on any atom is -0.480 e. The lowest BCUT2D eigenvalue weighted by molar-refractivity contribution is -0.144. The molecule has 0 bridgehead atoms. The van der Waals surface area contributed by atoms with Crippen molar-refractivity contribution in [1.82, 2.24) is 4.90 Å². The third kappa shape index (κ3) is 4.99. The van der Waals surface area contributed by atoms with Crippen LogP contribution in [-0.2, 0) is 14.6 Å². The van der Waals surface area contributed by atoms with Crippen LogP contribution in [0.3, 0.4) is 0 Å². The molecule has 0 aliphatic carbocycles. The molecular weight excluding hydrogens is 400 g/mol. The quantitative estimate of drug-likeness (QED) is 0.567. The monoisotopic (exact) mass is 424 g/mol. The summed E-state index contributed by atoms with van der Waals surface area (Å²) in [5.41, 5.74) is 5.15. The number of likely N-dealkylation sites (tertiary alicyclic amines) is 1. The molecule has 0 aromatic heterocycles. The fourth-order valence-corrected chi connectivity index (χ4v) is 4.99. The van der Waals surface area contributed by atoms with E-state index in [2.05, 4.69) is 11.8 Å². The molecule has 2 rings (SSSR count). The lowest BCUT2D eigenvalue weighted by Gasteiger charge is -2.38. The molecule has 0 saturated carbocycles. The number of nitrogens with two attached hydrogens (primary N) is 1. The number of carboxylic acids is 1. The fourth-order valence-electron chi connectivity index (χ4n) is 3.18. The number of carbonyl (C=O) groups excluding carboxylic acids is 1. The number of aliphatic carboxylic acids is 1. The Morgan fingerprint density at radius 2 is 1.97 bits per heavy atom. The maximum atomic E-state index is 13.0. The number of urea groups is 1. The number of carboxylic acid groups (broad SMARTS) is 1. The first-order valence-electron chi connectivity index (χ1n) is 9.01. The summed E-state index contributed by atoms with van der Waals surface area (Å²) in [5.74, 6) is 4.70. The minimum absolute atomic E-state index is 0.0832. The van der Waals surface area contributed by atoms with Crippen molar-refractivity contribution in [3.8, 4) is 17.6 Å². The van der Waals surface area contributed by atoms with Gasteiger partial charge in [-0.1, -0.05) is 12.8 Å². The van der Waals surface area contributed by atoms with Gasteiger partial charge < -0.3 is 25.6 Å². The number of nitrogens with zero attached hydrogens (tertiary/aromatic N) is 1. The first kappa shape index (κ1) is 22.5. The van der Waals surface area contributed by atoms with Gasteiger partial charge in [0, 0.05) is 0 Å². The molecule has 4 N–H and O–H groups in total. The molecule has 1 fully saturated rings. The second-order valence-electron chi connectivity index (χ2n) is 6.61. The Balaban J connectivity index is 2.26. The van der Waals surface area contributed by atoms with Gasteiger partial charge in [-0.15, -0.1) is 5.92 Å². The van der Waals surface area contributed by atoms with Crippen LogP contribution in [0.15, 0.2) is 29.2 Å². The number of sulfone groups is 1. The van der Waals surface area contributed by atoms with Crippen LogP contribution in [0, 0.1) is 11.8 Å². The molecule has 0 radical (unpaired) electrons. The predicted octanol–water partition coefficient (Wildman–Crippen LogP) is 0.608. The van der Waals surface area contributed by atoms with E-state index in [9.17, 15) is 28.2 Å². The zero-order valence-electron chi connectivity index (χ0n) is 16.1. The number of benzene rings is 1. The van der Waals surface area contributed by atoms with Crippen molar-refractivity contribution in [3.63, 3.8) is 0 Å². The van der Waals surface area contributed by atoms with E-state index in [0.717, 1.165) is 4.90 Å². The zero-order chi connectivity index (χ0) is 21.8. The molecular formula is C19H24N2O7S. The minimum atomic E-state index is -4.06. The molecule has 1 aromatic carbocycles. The van der Waals surface area contributed by atoms with E-state index in [1.165, 1.54) is 24.3 Å². The summed E-state index contributed by atoms with van der Waals surface area (Å²) in [7, 11) is -4.06. The molecule has 29 heavy (non-hydrogen) atoms. The van der Waals surface area contributed by atoms with Crippen molar-refractivity contribution in [2.75, 3.05) is 6.54 Å². The number of hydrogen-bond acceptors (Lipinski definition) is 6. The van der Waals surface area contributed by atoms with Crippen LogP contribution < -0.4 is 10.5 Å². The third-order valence-corrected chi connectivity index (χ3v) is 6.95. The fraction of sp³-hybridized carbons (Fsp3) is 0.474. The Kier molecular flexibility index (Phi) is 7.11. The molecule has 1 aliphatic heterocycles. The number of primary amides is 1. The van der Waals surface area contributed by atoms with Crippen LogP contribution in [0.25, 0.3) is 0 Å². The number of carbonyl (C=O) groups is 2. The van der Waals surface area contributed by atoms with Crippen molar-refractivity contribution in [2.45, 2.75) is 55.1 Å². The van der Waals surface area contributed by atoms with Crippen LogP contribution in [0.5, 0.6) is 5.75 Å². The normalized spacial score (nSPS) is 22.9. The van der Waals surface area contributed by atoms with Crippen LogP contribution in [0.1, 0.15) is 26.7 Å². The average Bonchev–Trinajstić information content (AvgIpc) is 2.67. The van der Waals surface area contributed by atoms with Gasteiger partial charge in [0.1, 0.15) is 11.8 Å². The van der Waals surface area contributed by atoms with Gasteiger partial charge in [-0.3, -0.25) is 0 Å². The van der Waals surface area contributed by atoms with Gasteiger partial charge in [0.2, 0.25) is 0 Å². The van der Waals surface area contributed by atoms with Gasteiger partial charge in [-0.05, 0) is 44.0 Å². The Labute approximate surface area is 169 Å². The number of ether oxygens (including phenoxy) is 1. The maximum absolute atomic E-state index is 13.0. The highest BCUT2D eigenvalue weighted by Gasteiger charge is 2.46. The van der Waals surface area contributed by atoms with Crippen LogP contribution in [-0.4, -0.2) is 65.6 Å². The Hall–Kier alpha value is -2.77. The molecule has 2 amide bonds.